The molecule has 0 saturated heterocycles. The third-order valence-electron chi connectivity index (χ3n) is 3.81. The fourth-order valence-electron chi connectivity index (χ4n) is 2.86. The Morgan fingerprint density at radius 2 is 1.80 bits per heavy atom. The molecule has 3 nitrogen and oxygen atoms in total. The monoisotopic (exact) mass is 281 g/mol. The second-order valence-electron chi connectivity index (χ2n) is 5.18. The molecule has 0 atom stereocenters. The van der Waals surface area contributed by atoms with Gasteiger partial charge in [-0.2, -0.15) is 13.2 Å². The van der Waals surface area contributed by atoms with Gasteiger partial charge in [-0.25, -0.2) is 9.97 Å². The summed E-state index contributed by atoms with van der Waals surface area (Å²) in [6.45, 7) is 0. The number of hydrogen-bond acceptors (Lipinski definition) is 3. The number of rotatable bonds is 1. The van der Waals surface area contributed by atoms with Crippen molar-refractivity contribution in [2.75, 3.05) is 5.73 Å². The summed E-state index contributed by atoms with van der Waals surface area (Å²) in [6.07, 6.45) is -0.309. The maximum atomic E-state index is 12.8. The van der Waals surface area contributed by atoms with Crippen LogP contribution in [0.3, 0.4) is 0 Å². The number of aromatic nitrogens is 2. The van der Waals surface area contributed by atoms with Gasteiger partial charge in [0.05, 0.1) is 16.8 Å². The highest BCUT2D eigenvalue weighted by Gasteiger charge is 2.31. The van der Waals surface area contributed by atoms with Gasteiger partial charge in [0.15, 0.2) is 0 Å². The number of fused-ring (bicyclic) bond motifs is 1. The van der Waals surface area contributed by atoms with E-state index in [0.29, 0.717) is 16.6 Å². The third kappa shape index (κ3) is 2.30. The predicted molar refractivity (Wildman–Crippen MR) is 70.2 cm³/mol. The molecule has 1 aromatic carbocycles. The van der Waals surface area contributed by atoms with Crippen molar-refractivity contribution in [3.63, 3.8) is 0 Å². The zero-order valence-corrected chi connectivity index (χ0v) is 10.7. The maximum absolute atomic E-state index is 12.8. The number of nitrogens with two attached hydrogens (primary N) is 1. The van der Waals surface area contributed by atoms with E-state index >= 15 is 0 Å². The molecule has 0 aliphatic heterocycles. The van der Waals surface area contributed by atoms with Crippen molar-refractivity contribution in [1.82, 2.24) is 9.97 Å². The van der Waals surface area contributed by atoms with Gasteiger partial charge in [-0.1, -0.05) is 12.8 Å². The predicted octanol–water partition coefficient (Wildman–Crippen LogP) is 3.89. The average Bonchev–Trinajstić information content (AvgIpc) is 2.89. The second kappa shape index (κ2) is 4.61. The smallest absolute Gasteiger partial charge is 0.368 e. The Hall–Kier alpha value is -1.85. The van der Waals surface area contributed by atoms with Crippen LogP contribution < -0.4 is 5.73 Å². The van der Waals surface area contributed by atoms with Crippen LogP contribution in [0.2, 0.25) is 0 Å². The van der Waals surface area contributed by atoms with Crippen LogP contribution in [-0.4, -0.2) is 9.97 Å². The molecular formula is C14H14F3N3. The highest BCUT2D eigenvalue weighted by molar-refractivity contribution is 5.83. The van der Waals surface area contributed by atoms with E-state index in [0.717, 1.165) is 37.8 Å². The Labute approximate surface area is 114 Å². The standard InChI is InChI=1S/C14H14F3N3/c15-14(16,17)9-5-6-11-10(7-9)12(20-13(18)19-11)8-3-1-2-4-8/h5-8H,1-4H2,(H2,18,19,20). The van der Waals surface area contributed by atoms with E-state index in [9.17, 15) is 13.2 Å². The summed E-state index contributed by atoms with van der Waals surface area (Å²) >= 11 is 0. The van der Waals surface area contributed by atoms with Crippen LogP contribution in [-0.2, 0) is 6.18 Å². The van der Waals surface area contributed by atoms with Crippen molar-refractivity contribution in [1.29, 1.82) is 0 Å². The van der Waals surface area contributed by atoms with Gasteiger partial charge in [-0.15, -0.1) is 0 Å². The number of nitrogen functional groups attached to an aromatic ring is 1. The molecule has 106 valence electrons. The quantitative estimate of drug-likeness (QED) is 0.862. The lowest BCUT2D eigenvalue weighted by molar-refractivity contribution is -0.137. The Morgan fingerprint density at radius 1 is 1.10 bits per heavy atom. The first-order valence-electron chi connectivity index (χ1n) is 6.59. The number of benzene rings is 1. The Kier molecular flexibility index (Phi) is 3.03. The van der Waals surface area contributed by atoms with E-state index in [1.54, 1.807) is 0 Å². The molecule has 0 amide bonds. The fraction of sp³-hybridized carbons (Fsp3) is 0.429. The van der Waals surface area contributed by atoms with E-state index in [4.69, 9.17) is 5.73 Å². The van der Waals surface area contributed by atoms with Gasteiger partial charge in [0.2, 0.25) is 5.95 Å². The van der Waals surface area contributed by atoms with E-state index in [-0.39, 0.29) is 11.9 Å². The molecule has 0 radical (unpaired) electrons. The molecular weight excluding hydrogens is 267 g/mol. The van der Waals surface area contributed by atoms with Gasteiger partial charge in [-0.05, 0) is 31.0 Å². The normalized spacial score (nSPS) is 16.9. The van der Waals surface area contributed by atoms with Crippen molar-refractivity contribution in [3.05, 3.63) is 29.5 Å². The van der Waals surface area contributed by atoms with E-state index in [2.05, 4.69) is 9.97 Å². The van der Waals surface area contributed by atoms with Crippen molar-refractivity contribution in [2.24, 2.45) is 0 Å². The molecule has 0 spiro atoms. The zero-order valence-electron chi connectivity index (χ0n) is 10.7. The molecule has 20 heavy (non-hydrogen) atoms. The topological polar surface area (TPSA) is 51.8 Å². The first kappa shape index (κ1) is 13.1. The summed E-state index contributed by atoms with van der Waals surface area (Å²) in [5.74, 6) is 0.311. The van der Waals surface area contributed by atoms with E-state index in [1.165, 1.54) is 6.07 Å². The maximum Gasteiger partial charge on any atom is 0.416 e. The molecule has 2 N–H and O–H groups in total. The van der Waals surface area contributed by atoms with E-state index in [1.807, 2.05) is 0 Å². The van der Waals surface area contributed by atoms with Gasteiger partial charge < -0.3 is 5.73 Å². The molecule has 0 unspecified atom stereocenters. The van der Waals surface area contributed by atoms with E-state index < -0.39 is 11.7 Å². The molecule has 1 saturated carbocycles. The minimum Gasteiger partial charge on any atom is -0.368 e. The third-order valence-corrected chi connectivity index (χ3v) is 3.81. The molecule has 1 fully saturated rings. The van der Waals surface area contributed by atoms with Gasteiger partial charge in [0, 0.05) is 11.3 Å². The SMILES string of the molecule is Nc1nc(C2CCCC2)c2cc(C(F)(F)F)ccc2n1. The molecule has 1 aliphatic rings. The molecule has 1 aliphatic carbocycles. The lowest BCUT2D eigenvalue weighted by Gasteiger charge is -2.14. The molecule has 1 aromatic heterocycles. The van der Waals surface area contributed by atoms with Crippen molar-refractivity contribution in [2.45, 2.75) is 37.8 Å². The van der Waals surface area contributed by atoms with Crippen LogP contribution in [0.4, 0.5) is 19.1 Å². The molecule has 2 aromatic rings. The summed E-state index contributed by atoms with van der Waals surface area (Å²) in [4.78, 5) is 8.24. The fourth-order valence-corrected chi connectivity index (χ4v) is 2.86. The summed E-state index contributed by atoms with van der Waals surface area (Å²) in [5, 5.41) is 0.473. The van der Waals surface area contributed by atoms with Crippen LogP contribution in [0.15, 0.2) is 18.2 Å². The van der Waals surface area contributed by atoms with Gasteiger partial charge in [0.1, 0.15) is 0 Å². The van der Waals surface area contributed by atoms with Crippen LogP contribution in [0.25, 0.3) is 10.9 Å². The largest absolute Gasteiger partial charge is 0.416 e. The second-order valence-corrected chi connectivity index (χ2v) is 5.18. The van der Waals surface area contributed by atoms with Crippen LogP contribution in [0.5, 0.6) is 0 Å². The van der Waals surface area contributed by atoms with Gasteiger partial charge >= 0.3 is 6.18 Å². The minimum absolute atomic E-state index is 0.124. The Balaban J connectivity index is 2.20. The van der Waals surface area contributed by atoms with Crippen molar-refractivity contribution < 1.29 is 13.2 Å². The van der Waals surface area contributed by atoms with Crippen molar-refractivity contribution in [3.8, 4) is 0 Å². The zero-order chi connectivity index (χ0) is 14.3. The molecule has 1 heterocycles. The molecule has 6 heteroatoms. The van der Waals surface area contributed by atoms with Gasteiger partial charge in [0.25, 0.3) is 0 Å². The number of halogens is 3. The van der Waals surface area contributed by atoms with Crippen LogP contribution in [0.1, 0.15) is 42.9 Å². The number of anilines is 1. The van der Waals surface area contributed by atoms with Gasteiger partial charge in [-0.3, -0.25) is 0 Å². The van der Waals surface area contributed by atoms with Crippen LogP contribution in [0, 0.1) is 0 Å². The highest BCUT2D eigenvalue weighted by atomic mass is 19.4. The molecule has 3 rings (SSSR count). The minimum atomic E-state index is -4.36. The Bertz CT molecular complexity index is 646. The number of nitrogens with zero attached hydrogens (tertiary/aromatic N) is 2. The van der Waals surface area contributed by atoms with Crippen LogP contribution >= 0.6 is 0 Å². The number of hydrogen-bond donors (Lipinski definition) is 1. The lowest BCUT2D eigenvalue weighted by atomic mass is 9.98. The van der Waals surface area contributed by atoms with Crippen molar-refractivity contribution >= 4 is 16.9 Å². The first-order chi connectivity index (χ1) is 9.45. The lowest BCUT2D eigenvalue weighted by Crippen LogP contribution is -2.08. The number of alkyl halides is 3. The summed E-state index contributed by atoms with van der Waals surface area (Å²) < 4.78 is 38.5. The summed E-state index contributed by atoms with van der Waals surface area (Å²) in [7, 11) is 0. The average molecular weight is 281 g/mol. The highest BCUT2D eigenvalue weighted by Crippen LogP contribution is 2.38. The first-order valence-corrected chi connectivity index (χ1v) is 6.59. The summed E-state index contributed by atoms with van der Waals surface area (Å²) in [5.41, 5.74) is 6.14. The summed E-state index contributed by atoms with van der Waals surface area (Å²) in [6, 6.07) is 3.55. The molecule has 0 bridgehead atoms. The Morgan fingerprint density at radius 3 is 2.45 bits per heavy atom.